The van der Waals surface area contributed by atoms with Gasteiger partial charge in [-0.2, -0.15) is 0 Å². The molecule has 3 aromatic carbocycles. The Morgan fingerprint density at radius 3 is 2.47 bits per heavy atom. The molecule has 5 rings (SSSR count). The summed E-state index contributed by atoms with van der Waals surface area (Å²) in [5, 5.41) is 3.80. The minimum Gasteiger partial charge on any atom is -0.487 e. The van der Waals surface area contributed by atoms with Gasteiger partial charge in [0.1, 0.15) is 24.5 Å². The van der Waals surface area contributed by atoms with Gasteiger partial charge in [0.05, 0.1) is 27.4 Å². The number of aromatic nitrogens is 2. The van der Waals surface area contributed by atoms with Gasteiger partial charge in [0.15, 0.2) is 5.82 Å². The molecule has 0 aliphatic heterocycles. The third kappa shape index (κ3) is 6.48. The minimum absolute atomic E-state index is 0.174. The number of hydrogen-bond acceptors (Lipinski definition) is 6. The fourth-order valence-electron chi connectivity index (χ4n) is 3.77. The van der Waals surface area contributed by atoms with Gasteiger partial charge in [0, 0.05) is 10.6 Å². The van der Waals surface area contributed by atoms with Gasteiger partial charge in [0.25, 0.3) is 0 Å². The lowest BCUT2D eigenvalue weighted by molar-refractivity contribution is -0.0149. The molecule has 1 N–H and O–H groups in total. The maximum Gasteiger partial charge on any atom is 0.151 e. The molecule has 5 nitrogen and oxygen atoms in total. The molecule has 0 fully saturated rings. The van der Waals surface area contributed by atoms with E-state index in [-0.39, 0.29) is 18.0 Å². The van der Waals surface area contributed by atoms with Crippen LogP contribution in [0.3, 0.4) is 0 Å². The molecule has 38 heavy (non-hydrogen) atoms. The van der Waals surface area contributed by atoms with Gasteiger partial charge in [-0.3, -0.25) is 0 Å². The number of nitrogens with zero attached hydrogens (tertiary/aromatic N) is 2. The first-order chi connectivity index (χ1) is 18.2. The largest absolute Gasteiger partial charge is 0.487 e. The van der Waals surface area contributed by atoms with E-state index in [1.807, 2.05) is 6.07 Å². The summed E-state index contributed by atoms with van der Waals surface area (Å²) in [7, 11) is 0. The number of benzene rings is 3. The van der Waals surface area contributed by atoms with Crippen LogP contribution in [0.15, 0.2) is 79.1 Å². The standard InChI is InChI=1S/C30H27ClFN3O2S/c1-30(2,3)37-17-19-7-9-21(10-8-19)27-15-25-28(38-27)29(34-18-33-25)35-23-11-12-26(24(31)14-23)36-16-20-5-4-6-22(32)13-20/h4-15,18H,16-17H2,1-3H3,(H,33,34,35). The second-order valence-electron chi connectivity index (χ2n) is 9.83. The first-order valence-corrected chi connectivity index (χ1v) is 13.3. The number of fused-ring (bicyclic) bond motifs is 1. The summed E-state index contributed by atoms with van der Waals surface area (Å²) in [6.45, 7) is 6.95. The molecule has 0 spiro atoms. The lowest BCUT2D eigenvalue weighted by Gasteiger charge is -2.19. The van der Waals surface area contributed by atoms with E-state index in [1.54, 1.807) is 41.9 Å². The van der Waals surface area contributed by atoms with E-state index in [0.717, 1.165) is 37.5 Å². The van der Waals surface area contributed by atoms with E-state index in [0.29, 0.717) is 23.2 Å². The molecule has 0 radical (unpaired) electrons. The summed E-state index contributed by atoms with van der Waals surface area (Å²) < 4.78 is 26.0. The Labute approximate surface area is 230 Å². The normalized spacial score (nSPS) is 11.6. The quantitative estimate of drug-likeness (QED) is 0.210. The van der Waals surface area contributed by atoms with Crippen molar-refractivity contribution in [2.24, 2.45) is 0 Å². The highest BCUT2D eigenvalue weighted by molar-refractivity contribution is 7.22. The van der Waals surface area contributed by atoms with Gasteiger partial charge >= 0.3 is 0 Å². The van der Waals surface area contributed by atoms with Crippen LogP contribution in [0.5, 0.6) is 5.75 Å². The van der Waals surface area contributed by atoms with Crippen LogP contribution in [0.1, 0.15) is 31.9 Å². The maximum absolute atomic E-state index is 13.4. The molecule has 0 amide bonds. The van der Waals surface area contributed by atoms with Crippen molar-refractivity contribution < 1.29 is 13.9 Å². The van der Waals surface area contributed by atoms with Crippen molar-refractivity contribution in [2.45, 2.75) is 39.6 Å². The number of thiophene rings is 1. The molecule has 0 unspecified atom stereocenters. The first kappa shape index (κ1) is 26.1. The monoisotopic (exact) mass is 547 g/mol. The highest BCUT2D eigenvalue weighted by Crippen LogP contribution is 2.37. The van der Waals surface area contributed by atoms with Gasteiger partial charge in [-0.05, 0) is 73.9 Å². The first-order valence-electron chi connectivity index (χ1n) is 12.2. The number of halogens is 2. The van der Waals surface area contributed by atoms with E-state index in [4.69, 9.17) is 21.1 Å². The Bertz CT molecular complexity index is 1560. The van der Waals surface area contributed by atoms with Gasteiger partial charge < -0.3 is 14.8 Å². The Balaban J connectivity index is 1.30. The summed E-state index contributed by atoms with van der Waals surface area (Å²) >= 11 is 8.10. The predicted octanol–water partition coefficient (Wildman–Crippen LogP) is 8.79. The fourth-order valence-corrected chi connectivity index (χ4v) is 5.07. The van der Waals surface area contributed by atoms with E-state index < -0.39 is 0 Å². The number of nitrogens with one attached hydrogen (secondary N) is 1. The minimum atomic E-state index is -0.299. The van der Waals surface area contributed by atoms with Gasteiger partial charge in [-0.15, -0.1) is 11.3 Å². The molecule has 8 heteroatoms. The summed E-state index contributed by atoms with van der Waals surface area (Å²) in [5.74, 6) is 0.919. The second-order valence-corrected chi connectivity index (χ2v) is 11.3. The van der Waals surface area contributed by atoms with Gasteiger partial charge in [-0.1, -0.05) is 48.0 Å². The molecule has 2 heterocycles. The lowest BCUT2D eigenvalue weighted by atomic mass is 10.1. The van der Waals surface area contributed by atoms with Crippen molar-refractivity contribution in [1.82, 2.24) is 9.97 Å². The molecule has 0 bridgehead atoms. The van der Waals surface area contributed by atoms with Crippen molar-refractivity contribution in [3.8, 4) is 16.2 Å². The van der Waals surface area contributed by atoms with Crippen molar-refractivity contribution in [2.75, 3.05) is 5.32 Å². The zero-order valence-electron chi connectivity index (χ0n) is 21.3. The summed E-state index contributed by atoms with van der Waals surface area (Å²) in [6, 6.07) is 22.2. The Morgan fingerprint density at radius 1 is 0.921 bits per heavy atom. The van der Waals surface area contributed by atoms with Gasteiger partial charge in [-0.25, -0.2) is 14.4 Å². The maximum atomic E-state index is 13.4. The fraction of sp³-hybridized carbons (Fsp3) is 0.200. The Morgan fingerprint density at radius 2 is 1.74 bits per heavy atom. The molecule has 2 aromatic heterocycles. The summed E-state index contributed by atoms with van der Waals surface area (Å²) in [5.41, 5.74) is 4.43. The van der Waals surface area contributed by atoms with E-state index in [2.05, 4.69) is 66.4 Å². The predicted molar refractivity (Wildman–Crippen MR) is 153 cm³/mol. The van der Waals surface area contributed by atoms with Crippen molar-refractivity contribution >= 4 is 44.7 Å². The van der Waals surface area contributed by atoms with E-state index in [9.17, 15) is 4.39 Å². The molecular formula is C30H27ClFN3O2S. The average molecular weight is 548 g/mol. The molecular weight excluding hydrogens is 521 g/mol. The molecule has 0 aliphatic carbocycles. The van der Waals surface area contributed by atoms with E-state index >= 15 is 0 Å². The number of rotatable bonds is 8. The van der Waals surface area contributed by atoms with Crippen LogP contribution in [0.25, 0.3) is 20.7 Å². The van der Waals surface area contributed by atoms with Crippen LogP contribution in [0.4, 0.5) is 15.9 Å². The Hall–Kier alpha value is -3.52. The molecule has 194 valence electrons. The van der Waals surface area contributed by atoms with Crippen LogP contribution in [-0.2, 0) is 18.0 Å². The summed E-state index contributed by atoms with van der Waals surface area (Å²) in [4.78, 5) is 10.0. The third-order valence-corrected chi connectivity index (χ3v) is 7.17. The topological polar surface area (TPSA) is 56.3 Å². The van der Waals surface area contributed by atoms with Crippen LogP contribution in [0, 0.1) is 5.82 Å². The highest BCUT2D eigenvalue weighted by atomic mass is 35.5. The zero-order valence-corrected chi connectivity index (χ0v) is 22.9. The van der Waals surface area contributed by atoms with Crippen molar-refractivity contribution in [1.29, 1.82) is 0 Å². The molecule has 0 atom stereocenters. The van der Waals surface area contributed by atoms with Crippen molar-refractivity contribution in [3.63, 3.8) is 0 Å². The van der Waals surface area contributed by atoms with Gasteiger partial charge in [0.2, 0.25) is 0 Å². The van der Waals surface area contributed by atoms with Crippen molar-refractivity contribution in [3.05, 3.63) is 101 Å². The molecule has 0 aliphatic rings. The van der Waals surface area contributed by atoms with Crippen LogP contribution in [0.2, 0.25) is 5.02 Å². The van der Waals surface area contributed by atoms with Crippen LogP contribution >= 0.6 is 22.9 Å². The SMILES string of the molecule is CC(C)(C)OCc1ccc(-c2cc3ncnc(Nc4ccc(OCc5cccc(F)c5)c(Cl)c4)c3s2)cc1. The third-order valence-electron chi connectivity index (χ3n) is 5.70. The van der Waals surface area contributed by atoms with Crippen LogP contribution < -0.4 is 10.1 Å². The average Bonchev–Trinajstić information content (AvgIpc) is 3.32. The summed E-state index contributed by atoms with van der Waals surface area (Å²) in [6.07, 6.45) is 1.55. The number of hydrogen-bond donors (Lipinski definition) is 1. The number of anilines is 2. The zero-order chi connectivity index (χ0) is 26.7. The van der Waals surface area contributed by atoms with E-state index in [1.165, 1.54) is 12.1 Å². The molecule has 5 aromatic rings. The highest BCUT2D eigenvalue weighted by Gasteiger charge is 2.13. The molecule has 0 saturated heterocycles. The second kappa shape index (κ2) is 11.1. The number of ether oxygens (including phenoxy) is 2. The molecule has 0 saturated carbocycles. The lowest BCUT2D eigenvalue weighted by Crippen LogP contribution is -2.18. The smallest absolute Gasteiger partial charge is 0.151 e. The Kier molecular flexibility index (Phi) is 7.61. The van der Waals surface area contributed by atoms with Crippen LogP contribution in [-0.4, -0.2) is 15.6 Å².